The van der Waals surface area contributed by atoms with Gasteiger partial charge in [0.05, 0.1) is 11.6 Å². The Hall–Kier alpha value is -6.52. The summed E-state index contributed by atoms with van der Waals surface area (Å²) in [4.78, 5) is 44.6. The average molecular weight is 903 g/mol. The number of rotatable bonds is 4. The van der Waals surface area contributed by atoms with E-state index < -0.39 is 0 Å². The number of para-hydroxylation sites is 2. The van der Waals surface area contributed by atoms with Crippen molar-refractivity contribution in [2.45, 2.75) is 58.2 Å². The summed E-state index contributed by atoms with van der Waals surface area (Å²) in [6, 6.07) is 35.7. The summed E-state index contributed by atoms with van der Waals surface area (Å²) in [6.45, 7) is 10.5. The van der Waals surface area contributed by atoms with E-state index in [4.69, 9.17) is 48.9 Å². The van der Waals surface area contributed by atoms with Crippen molar-refractivity contribution in [1.29, 1.82) is 0 Å². The lowest BCUT2D eigenvalue weighted by Gasteiger charge is -2.24. The van der Waals surface area contributed by atoms with E-state index in [0.29, 0.717) is 27.7 Å². The van der Waals surface area contributed by atoms with Crippen LogP contribution in [0.4, 0.5) is 0 Å². The standard InChI is InChI=1S/C14H16O2.C13H14O2.2C9H6O2.6CH4O/c1-10(2)14(15)16-13-8-7-11-5-3-4-6-12(11)9-13;1-9(2)13(14)15-12-7-10-5-3-4-6-11(10)8-12;10-8-5-6-11-9-4-2-1-3-7(8)9;10-9-6-5-7-3-1-2-4-8(7)11-9;6*1-2/h3-6,13H,1,7-9H2,2H3;3-6,12H,1,7-8H2,2H3;2*1-6H;6*2H,1H3. The Labute approximate surface area is 381 Å². The number of carbonyl (C=O) groups excluding carboxylic acids is 2. The molecule has 14 heteroatoms. The van der Waals surface area contributed by atoms with Crippen LogP contribution in [0.1, 0.15) is 42.5 Å². The molecule has 6 aromatic rings. The zero-order chi connectivity index (χ0) is 49.7. The van der Waals surface area contributed by atoms with Crippen LogP contribution in [0.3, 0.4) is 0 Å². The number of ether oxygens (including phenoxy) is 2. The number of aliphatic hydroxyl groups excluding tert-OH is 6. The minimum Gasteiger partial charge on any atom is -0.464 e. The lowest BCUT2D eigenvalue weighted by atomic mass is 9.90. The summed E-state index contributed by atoms with van der Waals surface area (Å²) in [6.07, 6.45) is 5.80. The maximum absolute atomic E-state index is 11.4. The third-order valence-corrected chi connectivity index (χ3v) is 8.65. The smallest absolute Gasteiger partial charge is 0.336 e. The first-order valence-electron chi connectivity index (χ1n) is 20.1. The van der Waals surface area contributed by atoms with E-state index in [9.17, 15) is 19.2 Å². The van der Waals surface area contributed by atoms with E-state index in [1.54, 1.807) is 38.1 Å². The Kier molecular flexibility index (Phi) is 34.4. The first kappa shape index (κ1) is 60.6. The molecule has 2 heterocycles. The summed E-state index contributed by atoms with van der Waals surface area (Å²) in [5.74, 6) is -0.558. The Morgan fingerprint density at radius 2 is 0.938 bits per heavy atom. The van der Waals surface area contributed by atoms with Crippen LogP contribution in [0.5, 0.6) is 0 Å². The largest absolute Gasteiger partial charge is 0.464 e. The van der Waals surface area contributed by atoms with E-state index >= 15 is 0 Å². The van der Waals surface area contributed by atoms with Crippen molar-refractivity contribution >= 4 is 33.9 Å². The Bertz CT molecular complexity index is 2330. The van der Waals surface area contributed by atoms with Crippen molar-refractivity contribution < 1.29 is 58.5 Å². The highest BCUT2D eigenvalue weighted by atomic mass is 16.5. The zero-order valence-corrected chi connectivity index (χ0v) is 38.6. The predicted octanol–water partition coefficient (Wildman–Crippen LogP) is 6.17. The fraction of sp³-hybridized carbons (Fsp3) is 0.294. The molecule has 0 bridgehead atoms. The van der Waals surface area contributed by atoms with Crippen LogP contribution in [0.15, 0.2) is 164 Å². The molecule has 0 amide bonds. The molecule has 0 fully saturated rings. The SMILES string of the molecule is C=C(C)C(=O)OC1CCc2ccccc2C1.C=C(C)C(=O)OC1Cc2ccccc2C1.CO.CO.CO.CO.CO.CO.O=c1ccc2ccccc2o1.O=c1ccoc2ccccc12. The third kappa shape index (κ3) is 22.1. The molecule has 4 aromatic carbocycles. The van der Waals surface area contributed by atoms with Crippen LogP contribution in [-0.2, 0) is 44.7 Å². The molecule has 354 valence electrons. The second-order valence-corrected chi connectivity index (χ2v) is 12.9. The van der Waals surface area contributed by atoms with E-state index in [2.05, 4.69) is 43.5 Å². The second kappa shape index (κ2) is 36.9. The number of carbonyl (C=O) groups is 2. The van der Waals surface area contributed by atoms with Crippen LogP contribution < -0.4 is 11.1 Å². The molecule has 65 heavy (non-hydrogen) atoms. The van der Waals surface area contributed by atoms with Crippen LogP contribution in [0.25, 0.3) is 21.9 Å². The van der Waals surface area contributed by atoms with Gasteiger partial charge in [-0.2, -0.15) is 0 Å². The minimum atomic E-state index is -0.302. The number of hydrogen-bond acceptors (Lipinski definition) is 14. The van der Waals surface area contributed by atoms with Crippen molar-refractivity contribution in [2.24, 2.45) is 0 Å². The highest BCUT2D eigenvalue weighted by Gasteiger charge is 2.24. The van der Waals surface area contributed by atoms with E-state index in [-0.39, 0.29) is 35.2 Å². The monoisotopic (exact) mass is 902 g/mol. The van der Waals surface area contributed by atoms with Gasteiger partial charge in [-0.1, -0.05) is 92.0 Å². The van der Waals surface area contributed by atoms with Crippen LogP contribution in [0, 0.1) is 0 Å². The fourth-order valence-electron chi connectivity index (χ4n) is 5.91. The third-order valence-electron chi connectivity index (χ3n) is 8.65. The molecule has 6 N–H and O–H groups in total. The summed E-state index contributed by atoms with van der Waals surface area (Å²) < 4.78 is 20.7. The molecular weight excluding hydrogens is 837 g/mol. The summed E-state index contributed by atoms with van der Waals surface area (Å²) in [5, 5.41) is 43.6. The number of hydrogen-bond donors (Lipinski definition) is 6. The second-order valence-electron chi connectivity index (χ2n) is 12.9. The van der Waals surface area contributed by atoms with Gasteiger partial charge in [0, 0.05) is 90.6 Å². The lowest BCUT2D eigenvalue weighted by Crippen LogP contribution is -2.25. The zero-order valence-electron chi connectivity index (χ0n) is 38.6. The number of benzene rings is 4. The summed E-state index contributed by atoms with van der Waals surface area (Å²) in [5.41, 5.74) is 7.17. The maximum atomic E-state index is 11.4. The number of aliphatic hydroxyl groups is 6. The molecule has 8 rings (SSSR count). The summed E-state index contributed by atoms with van der Waals surface area (Å²) in [7, 11) is 6.00. The predicted molar refractivity (Wildman–Crippen MR) is 256 cm³/mol. The summed E-state index contributed by atoms with van der Waals surface area (Å²) >= 11 is 0. The molecule has 0 aliphatic heterocycles. The molecule has 1 unspecified atom stereocenters. The highest BCUT2D eigenvalue weighted by Crippen LogP contribution is 2.25. The Balaban J connectivity index is 0. The van der Waals surface area contributed by atoms with Crippen LogP contribution in [0.2, 0.25) is 0 Å². The first-order valence-corrected chi connectivity index (χ1v) is 20.1. The van der Waals surface area contributed by atoms with Crippen LogP contribution >= 0.6 is 0 Å². The van der Waals surface area contributed by atoms with Crippen molar-refractivity contribution in [3.05, 3.63) is 189 Å². The molecule has 14 nitrogen and oxygen atoms in total. The molecule has 0 saturated carbocycles. The van der Waals surface area contributed by atoms with Gasteiger partial charge in [-0.3, -0.25) is 4.79 Å². The van der Waals surface area contributed by atoms with Gasteiger partial charge < -0.3 is 48.9 Å². The molecule has 0 spiro atoms. The molecule has 0 saturated heterocycles. The molecule has 2 aliphatic carbocycles. The van der Waals surface area contributed by atoms with E-state index in [1.807, 2.05) is 48.5 Å². The molecular formula is C51H66O14. The first-order chi connectivity index (χ1) is 31.6. The van der Waals surface area contributed by atoms with Crippen molar-refractivity contribution in [2.75, 3.05) is 42.7 Å². The van der Waals surface area contributed by atoms with Crippen molar-refractivity contribution in [3.8, 4) is 0 Å². The van der Waals surface area contributed by atoms with Gasteiger partial charge in [-0.25, -0.2) is 14.4 Å². The average Bonchev–Trinajstić information content (AvgIpc) is 3.78. The molecule has 2 aliphatic rings. The van der Waals surface area contributed by atoms with Crippen LogP contribution in [-0.4, -0.2) is 97.4 Å². The molecule has 1 atom stereocenters. The van der Waals surface area contributed by atoms with Gasteiger partial charge in [-0.05, 0) is 73.2 Å². The minimum absolute atomic E-state index is 0.00634. The van der Waals surface area contributed by atoms with Gasteiger partial charge in [-0.15, -0.1) is 0 Å². The Morgan fingerprint density at radius 3 is 1.45 bits per heavy atom. The normalized spacial score (nSPS) is 12.0. The molecule has 0 radical (unpaired) electrons. The quantitative estimate of drug-likeness (QED) is 0.0660. The molecule has 2 aromatic heterocycles. The lowest BCUT2D eigenvalue weighted by molar-refractivity contribution is -0.145. The van der Waals surface area contributed by atoms with E-state index in [1.165, 1.54) is 40.6 Å². The number of fused-ring (bicyclic) bond motifs is 4. The van der Waals surface area contributed by atoms with E-state index in [0.717, 1.165) is 80.1 Å². The fourth-order valence-corrected chi connectivity index (χ4v) is 5.91. The number of aryl methyl sites for hydroxylation is 1. The van der Waals surface area contributed by atoms with Gasteiger partial charge in [0.1, 0.15) is 23.4 Å². The van der Waals surface area contributed by atoms with Crippen molar-refractivity contribution in [3.63, 3.8) is 0 Å². The van der Waals surface area contributed by atoms with Gasteiger partial charge in [0.25, 0.3) is 0 Å². The maximum Gasteiger partial charge on any atom is 0.336 e. The van der Waals surface area contributed by atoms with Crippen molar-refractivity contribution in [1.82, 2.24) is 0 Å². The van der Waals surface area contributed by atoms with Gasteiger partial charge >= 0.3 is 17.6 Å². The van der Waals surface area contributed by atoms with Gasteiger partial charge in [0.15, 0.2) is 5.43 Å². The van der Waals surface area contributed by atoms with Gasteiger partial charge in [0.2, 0.25) is 0 Å². The Morgan fingerprint density at radius 1 is 0.523 bits per heavy atom. The topological polar surface area (TPSA) is 234 Å². The number of esters is 2. The highest BCUT2D eigenvalue weighted by molar-refractivity contribution is 5.87.